The monoisotopic (exact) mass is 553 g/mol. The Balaban J connectivity index is 1.30. The smallest absolute Gasteiger partial charge is 0.259 e. The quantitative estimate of drug-likeness (QED) is 0.266. The van der Waals surface area contributed by atoms with E-state index in [0.717, 1.165) is 22.0 Å². The van der Waals surface area contributed by atoms with Crippen molar-refractivity contribution in [3.05, 3.63) is 124 Å². The maximum Gasteiger partial charge on any atom is 0.259 e. The van der Waals surface area contributed by atoms with E-state index in [4.69, 9.17) is 11.6 Å². The molecule has 0 unspecified atom stereocenters. The van der Waals surface area contributed by atoms with Gasteiger partial charge < -0.3 is 15.2 Å². The van der Waals surface area contributed by atoms with E-state index in [1.807, 2.05) is 36.5 Å². The summed E-state index contributed by atoms with van der Waals surface area (Å²) in [6.07, 6.45) is 2.63. The zero-order chi connectivity index (χ0) is 26.9. The number of amides is 2. The lowest BCUT2D eigenvalue weighted by Crippen LogP contribution is -2.31. The SMILES string of the molecule is O=C(NCCc1c[nH]c2ccccc12)c1ccc2c(c1)N(Cc1ccc(Cl)cc1)C(=O)c1ccccc1[S@]2=O. The van der Waals surface area contributed by atoms with Crippen LogP contribution in [-0.2, 0) is 23.8 Å². The molecule has 0 saturated heterocycles. The van der Waals surface area contributed by atoms with Gasteiger partial charge >= 0.3 is 0 Å². The number of nitrogens with one attached hydrogen (secondary N) is 2. The summed E-state index contributed by atoms with van der Waals surface area (Å²) in [4.78, 5) is 32.7. The van der Waals surface area contributed by atoms with Crippen molar-refractivity contribution in [1.82, 2.24) is 10.3 Å². The highest BCUT2D eigenvalue weighted by Gasteiger charge is 2.31. The van der Waals surface area contributed by atoms with Crippen LogP contribution in [-0.4, -0.2) is 27.6 Å². The molecule has 0 bridgehead atoms. The lowest BCUT2D eigenvalue weighted by atomic mass is 10.1. The average Bonchev–Trinajstić information content (AvgIpc) is 3.35. The topological polar surface area (TPSA) is 82.3 Å². The van der Waals surface area contributed by atoms with Crippen LogP contribution in [0.2, 0.25) is 5.02 Å². The van der Waals surface area contributed by atoms with Crippen LogP contribution in [0.25, 0.3) is 10.9 Å². The maximum atomic E-state index is 13.8. The largest absolute Gasteiger partial charge is 0.361 e. The summed E-state index contributed by atoms with van der Waals surface area (Å²) in [6.45, 7) is 0.683. The zero-order valence-electron chi connectivity index (χ0n) is 20.8. The first-order valence-electron chi connectivity index (χ1n) is 12.5. The number of para-hydroxylation sites is 1. The van der Waals surface area contributed by atoms with E-state index in [1.165, 1.54) is 0 Å². The van der Waals surface area contributed by atoms with Crippen molar-refractivity contribution in [2.24, 2.45) is 0 Å². The van der Waals surface area contributed by atoms with Gasteiger partial charge in [-0.15, -0.1) is 0 Å². The van der Waals surface area contributed by atoms with Gasteiger partial charge in [-0.2, -0.15) is 0 Å². The molecule has 4 aromatic carbocycles. The molecule has 0 spiro atoms. The van der Waals surface area contributed by atoms with Crippen molar-refractivity contribution in [3.63, 3.8) is 0 Å². The van der Waals surface area contributed by atoms with Gasteiger partial charge in [0.25, 0.3) is 11.8 Å². The fraction of sp³-hybridized carbons (Fsp3) is 0.0968. The number of anilines is 1. The highest BCUT2D eigenvalue weighted by molar-refractivity contribution is 7.85. The Morgan fingerprint density at radius 3 is 2.54 bits per heavy atom. The summed E-state index contributed by atoms with van der Waals surface area (Å²) in [5, 5.41) is 4.72. The third-order valence-corrected chi connectivity index (χ3v) is 8.63. The minimum absolute atomic E-state index is 0.236. The first-order chi connectivity index (χ1) is 19.0. The molecule has 194 valence electrons. The number of hydrogen-bond acceptors (Lipinski definition) is 3. The van der Waals surface area contributed by atoms with Gasteiger partial charge in [0.2, 0.25) is 0 Å². The molecule has 5 aromatic rings. The standard InChI is InChI=1S/C31H24ClN3O3S/c32-23-12-9-20(10-13-23)19-35-27-17-21(11-14-29(27)39(38)28-8-4-2-6-25(28)31(35)37)30(36)33-16-15-22-18-34-26-7-3-1-5-24(22)26/h1-14,17-18,34H,15-16,19H2,(H,33,36)/t39-/m1/s1. The van der Waals surface area contributed by atoms with Gasteiger partial charge in [-0.05, 0) is 66.1 Å². The van der Waals surface area contributed by atoms with Crippen LogP contribution in [0.3, 0.4) is 0 Å². The molecule has 0 aliphatic carbocycles. The van der Waals surface area contributed by atoms with Crippen LogP contribution >= 0.6 is 11.6 Å². The summed E-state index contributed by atoms with van der Waals surface area (Å²) >= 11 is 6.07. The minimum atomic E-state index is -1.59. The molecule has 0 saturated carbocycles. The first-order valence-corrected chi connectivity index (χ1v) is 14.1. The van der Waals surface area contributed by atoms with Crippen molar-refractivity contribution in [1.29, 1.82) is 0 Å². The van der Waals surface area contributed by atoms with Crippen molar-refractivity contribution >= 4 is 50.8 Å². The van der Waals surface area contributed by atoms with Crippen LogP contribution in [0.5, 0.6) is 0 Å². The number of aromatic nitrogens is 1. The summed E-state index contributed by atoms with van der Waals surface area (Å²) in [5.41, 5.74) is 4.27. The molecule has 1 aliphatic rings. The molecule has 6 rings (SSSR count). The Kier molecular flexibility index (Phi) is 6.77. The molecule has 2 heterocycles. The van der Waals surface area contributed by atoms with Crippen LogP contribution < -0.4 is 10.2 Å². The predicted octanol–water partition coefficient (Wildman–Crippen LogP) is 6.12. The number of carbonyl (C=O) groups is 2. The molecule has 8 heteroatoms. The number of H-pyrrole nitrogens is 1. The Morgan fingerprint density at radius 2 is 1.69 bits per heavy atom. The van der Waals surface area contributed by atoms with Gasteiger partial charge in [0.15, 0.2) is 0 Å². The molecule has 2 N–H and O–H groups in total. The summed E-state index contributed by atoms with van der Waals surface area (Å²) in [6, 6.07) is 27.2. The van der Waals surface area contributed by atoms with Gasteiger partial charge in [0, 0.05) is 34.2 Å². The number of rotatable bonds is 6. The molecule has 1 aromatic heterocycles. The molecule has 1 atom stereocenters. The van der Waals surface area contributed by atoms with E-state index < -0.39 is 10.8 Å². The lowest BCUT2D eigenvalue weighted by Gasteiger charge is -2.23. The fourth-order valence-corrected chi connectivity index (χ4v) is 6.36. The number of halogens is 1. The molecular formula is C31H24ClN3O3S. The van der Waals surface area contributed by atoms with E-state index in [0.29, 0.717) is 44.6 Å². The number of hydrogen-bond donors (Lipinski definition) is 2. The molecule has 6 nitrogen and oxygen atoms in total. The van der Waals surface area contributed by atoms with Crippen molar-refractivity contribution in [2.75, 3.05) is 11.4 Å². The number of benzene rings is 4. The Morgan fingerprint density at radius 1 is 0.923 bits per heavy atom. The number of fused-ring (bicyclic) bond motifs is 3. The summed E-state index contributed by atoms with van der Waals surface area (Å²) in [5.74, 6) is -0.534. The second kappa shape index (κ2) is 10.5. The third-order valence-electron chi connectivity index (χ3n) is 6.88. The van der Waals surface area contributed by atoms with Crippen molar-refractivity contribution < 1.29 is 13.8 Å². The van der Waals surface area contributed by atoms with Gasteiger partial charge in [0.05, 0.1) is 38.4 Å². The molecule has 0 fully saturated rings. The maximum absolute atomic E-state index is 13.8. The number of nitrogens with zero attached hydrogens (tertiary/aromatic N) is 1. The van der Waals surface area contributed by atoms with Crippen molar-refractivity contribution in [2.45, 2.75) is 22.8 Å². The minimum Gasteiger partial charge on any atom is -0.361 e. The van der Waals surface area contributed by atoms with E-state index in [9.17, 15) is 13.8 Å². The van der Waals surface area contributed by atoms with Gasteiger partial charge in [-0.25, -0.2) is 4.21 Å². The van der Waals surface area contributed by atoms with Crippen LogP contribution in [0.15, 0.2) is 107 Å². The average molecular weight is 554 g/mol. The Bertz CT molecular complexity index is 1750. The van der Waals surface area contributed by atoms with Crippen LogP contribution in [0.4, 0.5) is 5.69 Å². The molecule has 0 radical (unpaired) electrons. The summed E-state index contributed by atoms with van der Waals surface area (Å²) < 4.78 is 13.6. The zero-order valence-corrected chi connectivity index (χ0v) is 22.4. The predicted molar refractivity (Wildman–Crippen MR) is 154 cm³/mol. The lowest BCUT2D eigenvalue weighted by molar-refractivity contribution is 0.0950. The van der Waals surface area contributed by atoms with E-state index in [2.05, 4.69) is 16.4 Å². The molecule has 1 aliphatic heterocycles. The second-order valence-corrected chi connectivity index (χ2v) is 11.2. The molecule has 39 heavy (non-hydrogen) atoms. The van der Waals surface area contributed by atoms with E-state index in [-0.39, 0.29) is 18.4 Å². The normalized spacial score (nSPS) is 14.5. The van der Waals surface area contributed by atoms with Gasteiger partial charge in [0.1, 0.15) is 0 Å². The van der Waals surface area contributed by atoms with Crippen LogP contribution in [0.1, 0.15) is 31.8 Å². The van der Waals surface area contributed by atoms with Gasteiger partial charge in [-0.3, -0.25) is 9.59 Å². The number of carbonyl (C=O) groups excluding carboxylic acids is 2. The Labute approximate surface area is 233 Å². The molecule has 2 amide bonds. The first kappa shape index (κ1) is 25.1. The van der Waals surface area contributed by atoms with Crippen LogP contribution in [0, 0.1) is 0 Å². The van der Waals surface area contributed by atoms with Gasteiger partial charge in [-0.1, -0.05) is 54.1 Å². The Hall–Kier alpha value is -4.20. The molecular weight excluding hydrogens is 530 g/mol. The van der Waals surface area contributed by atoms with Crippen molar-refractivity contribution in [3.8, 4) is 0 Å². The fourth-order valence-electron chi connectivity index (χ4n) is 4.89. The highest BCUT2D eigenvalue weighted by atomic mass is 35.5. The third kappa shape index (κ3) is 4.87. The highest BCUT2D eigenvalue weighted by Crippen LogP contribution is 2.36. The van der Waals surface area contributed by atoms with E-state index in [1.54, 1.807) is 59.5 Å². The van der Waals surface area contributed by atoms with E-state index >= 15 is 0 Å². The number of aromatic amines is 1. The second-order valence-electron chi connectivity index (χ2n) is 9.33. The summed E-state index contributed by atoms with van der Waals surface area (Å²) in [7, 11) is -1.59.